The van der Waals surface area contributed by atoms with Crippen molar-refractivity contribution < 1.29 is 9.90 Å². The van der Waals surface area contributed by atoms with Gasteiger partial charge in [0, 0.05) is 12.1 Å². The highest BCUT2D eigenvalue weighted by Gasteiger charge is 2.02. The van der Waals surface area contributed by atoms with Crippen molar-refractivity contribution >= 4 is 5.97 Å². The summed E-state index contributed by atoms with van der Waals surface area (Å²) in [6.07, 6.45) is 3.20. The van der Waals surface area contributed by atoms with E-state index in [0.29, 0.717) is 12.0 Å². The Morgan fingerprint density at radius 3 is 2.42 bits per heavy atom. The molecule has 0 aliphatic rings. The monoisotopic (exact) mass is 171 g/mol. The molecule has 0 saturated heterocycles. The predicted molar refractivity (Wildman–Crippen MR) is 49.2 cm³/mol. The molecule has 1 N–H and O–H groups in total. The van der Waals surface area contributed by atoms with E-state index in [2.05, 4.69) is 0 Å². The van der Waals surface area contributed by atoms with Crippen LogP contribution in [0.5, 0.6) is 0 Å². The second-order valence-electron chi connectivity index (χ2n) is 2.98. The van der Waals surface area contributed by atoms with E-state index in [4.69, 9.17) is 5.11 Å². The maximum absolute atomic E-state index is 10.5. The molecule has 0 atom stereocenters. The SMILES string of the molecule is CCC(=CCCN(C)C)C(=O)O. The van der Waals surface area contributed by atoms with Gasteiger partial charge in [-0.15, -0.1) is 0 Å². The van der Waals surface area contributed by atoms with Crippen LogP contribution in [0.1, 0.15) is 19.8 Å². The molecule has 0 aliphatic heterocycles. The molecule has 70 valence electrons. The van der Waals surface area contributed by atoms with E-state index < -0.39 is 5.97 Å². The highest BCUT2D eigenvalue weighted by atomic mass is 16.4. The van der Waals surface area contributed by atoms with Gasteiger partial charge in [-0.1, -0.05) is 13.0 Å². The lowest BCUT2D eigenvalue weighted by Crippen LogP contribution is -2.12. The van der Waals surface area contributed by atoms with Crippen molar-refractivity contribution in [2.45, 2.75) is 19.8 Å². The molecule has 0 unspecified atom stereocenters. The Balaban J connectivity index is 3.87. The fourth-order valence-electron chi connectivity index (χ4n) is 0.880. The standard InChI is InChI=1S/C9H17NO2/c1-4-8(9(11)12)6-5-7-10(2)3/h6H,4-5,7H2,1-3H3,(H,11,12). The number of rotatable bonds is 5. The maximum atomic E-state index is 10.5. The Morgan fingerprint density at radius 1 is 1.50 bits per heavy atom. The zero-order chi connectivity index (χ0) is 9.56. The number of aliphatic carboxylic acids is 1. The normalized spacial score (nSPS) is 12.2. The van der Waals surface area contributed by atoms with Crippen LogP contribution in [0, 0.1) is 0 Å². The number of nitrogens with zero attached hydrogens (tertiary/aromatic N) is 1. The molecule has 0 fully saturated rings. The van der Waals surface area contributed by atoms with Crippen LogP contribution in [0.25, 0.3) is 0 Å². The topological polar surface area (TPSA) is 40.5 Å². The van der Waals surface area contributed by atoms with Gasteiger partial charge >= 0.3 is 5.97 Å². The Kier molecular flexibility index (Phi) is 5.37. The molecule has 0 bridgehead atoms. The predicted octanol–water partition coefficient (Wildman–Crippen LogP) is 1.36. The lowest BCUT2D eigenvalue weighted by molar-refractivity contribution is -0.132. The van der Waals surface area contributed by atoms with Crippen molar-refractivity contribution in [1.29, 1.82) is 0 Å². The first kappa shape index (κ1) is 11.2. The Hall–Kier alpha value is -0.830. The van der Waals surface area contributed by atoms with E-state index >= 15 is 0 Å². The minimum atomic E-state index is -0.795. The first-order valence-electron chi connectivity index (χ1n) is 4.15. The molecule has 0 spiro atoms. The number of carbonyl (C=O) groups is 1. The minimum absolute atomic E-state index is 0.511. The van der Waals surface area contributed by atoms with E-state index in [9.17, 15) is 4.79 Å². The summed E-state index contributed by atoms with van der Waals surface area (Å²) in [7, 11) is 3.94. The van der Waals surface area contributed by atoms with Crippen LogP contribution < -0.4 is 0 Å². The molecule has 0 aromatic carbocycles. The van der Waals surface area contributed by atoms with Gasteiger partial charge in [0.15, 0.2) is 0 Å². The van der Waals surface area contributed by atoms with Gasteiger partial charge in [0.2, 0.25) is 0 Å². The molecule has 0 amide bonds. The van der Waals surface area contributed by atoms with Crippen LogP contribution in [-0.2, 0) is 4.79 Å². The number of hydrogen-bond acceptors (Lipinski definition) is 2. The fourth-order valence-corrected chi connectivity index (χ4v) is 0.880. The van der Waals surface area contributed by atoms with Crippen molar-refractivity contribution in [2.24, 2.45) is 0 Å². The molecule has 0 radical (unpaired) electrons. The van der Waals surface area contributed by atoms with Crippen LogP contribution >= 0.6 is 0 Å². The van der Waals surface area contributed by atoms with Crippen LogP contribution in [0.15, 0.2) is 11.6 Å². The summed E-state index contributed by atoms with van der Waals surface area (Å²) in [6, 6.07) is 0. The van der Waals surface area contributed by atoms with Gasteiger partial charge in [-0.25, -0.2) is 4.79 Å². The van der Waals surface area contributed by atoms with Gasteiger partial charge in [-0.05, 0) is 26.9 Å². The molecule has 0 aromatic heterocycles. The highest BCUT2D eigenvalue weighted by molar-refractivity contribution is 5.86. The Bertz CT molecular complexity index is 173. The quantitative estimate of drug-likeness (QED) is 0.635. The van der Waals surface area contributed by atoms with Gasteiger partial charge in [0.25, 0.3) is 0 Å². The second-order valence-corrected chi connectivity index (χ2v) is 2.98. The van der Waals surface area contributed by atoms with E-state index in [1.54, 1.807) is 6.08 Å². The molecule has 0 rings (SSSR count). The largest absolute Gasteiger partial charge is 0.478 e. The molecular formula is C9H17NO2. The van der Waals surface area contributed by atoms with Crippen LogP contribution in [0.3, 0.4) is 0 Å². The molecule has 0 heterocycles. The zero-order valence-electron chi connectivity index (χ0n) is 8.00. The molecular weight excluding hydrogens is 154 g/mol. The van der Waals surface area contributed by atoms with Gasteiger partial charge in [0.1, 0.15) is 0 Å². The van der Waals surface area contributed by atoms with Gasteiger partial charge in [-0.3, -0.25) is 0 Å². The third-order valence-corrected chi connectivity index (χ3v) is 1.62. The summed E-state index contributed by atoms with van der Waals surface area (Å²) in [5, 5.41) is 8.66. The molecule has 3 heteroatoms. The van der Waals surface area contributed by atoms with Gasteiger partial charge in [-0.2, -0.15) is 0 Å². The lowest BCUT2D eigenvalue weighted by atomic mass is 10.1. The molecule has 3 nitrogen and oxygen atoms in total. The van der Waals surface area contributed by atoms with E-state index in [1.807, 2.05) is 25.9 Å². The summed E-state index contributed by atoms with van der Waals surface area (Å²) in [6.45, 7) is 2.76. The Labute approximate surface area is 73.7 Å². The van der Waals surface area contributed by atoms with Crippen molar-refractivity contribution in [1.82, 2.24) is 4.90 Å². The molecule has 0 aliphatic carbocycles. The second kappa shape index (κ2) is 5.77. The van der Waals surface area contributed by atoms with Crippen molar-refractivity contribution in [3.8, 4) is 0 Å². The molecule has 12 heavy (non-hydrogen) atoms. The third kappa shape index (κ3) is 4.91. The summed E-state index contributed by atoms with van der Waals surface area (Å²) in [5.74, 6) is -0.795. The average molecular weight is 171 g/mol. The van der Waals surface area contributed by atoms with Crippen molar-refractivity contribution in [3.63, 3.8) is 0 Å². The first-order chi connectivity index (χ1) is 5.57. The number of carboxylic acid groups (broad SMARTS) is 1. The zero-order valence-corrected chi connectivity index (χ0v) is 8.00. The summed E-state index contributed by atoms with van der Waals surface area (Å²) in [5.41, 5.74) is 0.511. The van der Waals surface area contributed by atoms with Gasteiger partial charge in [0.05, 0.1) is 0 Å². The Morgan fingerprint density at radius 2 is 2.08 bits per heavy atom. The van der Waals surface area contributed by atoms with E-state index in [-0.39, 0.29) is 0 Å². The van der Waals surface area contributed by atoms with E-state index in [1.165, 1.54) is 0 Å². The van der Waals surface area contributed by atoms with Gasteiger partial charge < -0.3 is 10.0 Å². The molecule has 0 aromatic rings. The lowest BCUT2D eigenvalue weighted by Gasteiger charge is -2.06. The summed E-state index contributed by atoms with van der Waals surface area (Å²) in [4.78, 5) is 12.6. The van der Waals surface area contributed by atoms with Crippen molar-refractivity contribution in [3.05, 3.63) is 11.6 Å². The van der Waals surface area contributed by atoms with Crippen LogP contribution in [0.4, 0.5) is 0 Å². The van der Waals surface area contributed by atoms with Crippen molar-refractivity contribution in [2.75, 3.05) is 20.6 Å². The summed E-state index contributed by atoms with van der Waals surface area (Å²) < 4.78 is 0. The maximum Gasteiger partial charge on any atom is 0.331 e. The number of carboxylic acids is 1. The highest BCUT2D eigenvalue weighted by Crippen LogP contribution is 2.02. The van der Waals surface area contributed by atoms with Crippen LogP contribution in [-0.4, -0.2) is 36.6 Å². The van der Waals surface area contributed by atoms with E-state index in [0.717, 1.165) is 13.0 Å². The average Bonchev–Trinajstić information content (AvgIpc) is 1.96. The van der Waals surface area contributed by atoms with Crippen LogP contribution in [0.2, 0.25) is 0 Å². The fraction of sp³-hybridized carbons (Fsp3) is 0.667. The number of hydrogen-bond donors (Lipinski definition) is 1. The molecule has 0 saturated carbocycles. The minimum Gasteiger partial charge on any atom is -0.478 e. The third-order valence-electron chi connectivity index (χ3n) is 1.62. The first-order valence-corrected chi connectivity index (χ1v) is 4.15. The summed E-state index contributed by atoms with van der Waals surface area (Å²) >= 11 is 0. The smallest absolute Gasteiger partial charge is 0.331 e.